The van der Waals surface area contributed by atoms with Gasteiger partial charge in [0.15, 0.2) is 0 Å². The Bertz CT molecular complexity index is 364. The maximum Gasteiger partial charge on any atom is 0.126 e. The summed E-state index contributed by atoms with van der Waals surface area (Å²) in [5, 5.41) is 3.78. The Labute approximate surface area is 88.5 Å². The van der Waals surface area contributed by atoms with E-state index in [-0.39, 0.29) is 12.4 Å². The Morgan fingerprint density at radius 2 is 2.13 bits per heavy atom. The zero-order chi connectivity index (χ0) is 11.3. The molecule has 0 fully saturated rings. The van der Waals surface area contributed by atoms with Crippen LogP contribution in [-0.2, 0) is 9.57 Å². The number of halogens is 1. The minimum absolute atomic E-state index is 0.257. The molecule has 1 aromatic carbocycles. The lowest BCUT2D eigenvalue weighted by Gasteiger charge is -2.05. The van der Waals surface area contributed by atoms with Crippen molar-refractivity contribution in [2.75, 3.05) is 20.8 Å². The zero-order valence-electron chi connectivity index (χ0n) is 9.08. The molecule has 0 atom stereocenters. The third-order valence-electron chi connectivity index (χ3n) is 1.99. The molecule has 0 N–H and O–H groups in total. The highest BCUT2D eigenvalue weighted by Crippen LogP contribution is 2.10. The van der Waals surface area contributed by atoms with E-state index in [2.05, 4.69) is 9.99 Å². The highest BCUT2D eigenvalue weighted by atomic mass is 19.1. The van der Waals surface area contributed by atoms with Crippen LogP contribution < -0.4 is 0 Å². The first-order chi connectivity index (χ1) is 7.19. The first-order valence-electron chi connectivity index (χ1n) is 4.54. The van der Waals surface area contributed by atoms with Gasteiger partial charge in [0.1, 0.15) is 18.6 Å². The monoisotopic (exact) mass is 211 g/mol. The van der Waals surface area contributed by atoms with E-state index in [4.69, 9.17) is 4.74 Å². The summed E-state index contributed by atoms with van der Waals surface area (Å²) < 4.78 is 18.2. The average Bonchev–Trinajstić information content (AvgIpc) is 2.22. The molecular weight excluding hydrogens is 197 g/mol. The standard InChI is InChI=1S/C11H14FNO2/c1-8-4-5-9(6-10(8)12)11(7-14-2)13-15-3/h4-6H,7H2,1-3H3/b13-11+. The van der Waals surface area contributed by atoms with Gasteiger partial charge in [0.2, 0.25) is 0 Å². The molecule has 0 heterocycles. The van der Waals surface area contributed by atoms with Gasteiger partial charge < -0.3 is 9.57 Å². The molecule has 0 radical (unpaired) electrons. The second kappa shape index (κ2) is 5.46. The van der Waals surface area contributed by atoms with Crippen molar-refractivity contribution in [1.82, 2.24) is 0 Å². The summed E-state index contributed by atoms with van der Waals surface area (Å²) in [6, 6.07) is 4.91. The summed E-state index contributed by atoms with van der Waals surface area (Å²) >= 11 is 0. The van der Waals surface area contributed by atoms with Gasteiger partial charge in [0, 0.05) is 12.7 Å². The lowest BCUT2D eigenvalue weighted by Crippen LogP contribution is -2.10. The van der Waals surface area contributed by atoms with Crippen molar-refractivity contribution < 1.29 is 14.0 Å². The largest absolute Gasteiger partial charge is 0.399 e. The fourth-order valence-corrected chi connectivity index (χ4v) is 1.18. The van der Waals surface area contributed by atoms with Crippen LogP contribution in [0.3, 0.4) is 0 Å². The van der Waals surface area contributed by atoms with Crippen LogP contribution in [0.25, 0.3) is 0 Å². The van der Waals surface area contributed by atoms with E-state index < -0.39 is 0 Å². The first-order valence-corrected chi connectivity index (χ1v) is 4.54. The molecule has 0 aliphatic carbocycles. The maximum atomic E-state index is 13.3. The summed E-state index contributed by atoms with van der Waals surface area (Å²) in [6.45, 7) is 2.00. The quantitative estimate of drug-likeness (QED) is 0.564. The molecule has 1 aromatic rings. The molecule has 4 heteroatoms. The summed E-state index contributed by atoms with van der Waals surface area (Å²) in [6.07, 6.45) is 0. The molecule has 0 aliphatic rings. The number of benzene rings is 1. The molecule has 0 aromatic heterocycles. The fraction of sp³-hybridized carbons (Fsp3) is 0.364. The van der Waals surface area contributed by atoms with Crippen molar-refractivity contribution in [3.05, 3.63) is 35.1 Å². The number of oxime groups is 1. The van der Waals surface area contributed by atoms with Gasteiger partial charge in [-0.2, -0.15) is 0 Å². The predicted octanol–water partition coefficient (Wildman–Crippen LogP) is 2.13. The Kier molecular flexibility index (Phi) is 4.24. The number of rotatable bonds is 4. The van der Waals surface area contributed by atoms with Gasteiger partial charge in [-0.05, 0) is 18.6 Å². The molecule has 82 valence electrons. The van der Waals surface area contributed by atoms with Crippen molar-refractivity contribution in [1.29, 1.82) is 0 Å². The number of methoxy groups -OCH3 is 1. The third kappa shape index (κ3) is 3.02. The van der Waals surface area contributed by atoms with Crippen molar-refractivity contribution in [2.45, 2.75) is 6.92 Å². The Hall–Kier alpha value is -1.42. The number of hydrogen-bond donors (Lipinski definition) is 0. The maximum absolute atomic E-state index is 13.3. The van der Waals surface area contributed by atoms with Gasteiger partial charge in [-0.1, -0.05) is 17.3 Å². The van der Waals surface area contributed by atoms with E-state index in [0.717, 1.165) is 0 Å². The molecule has 3 nitrogen and oxygen atoms in total. The predicted molar refractivity (Wildman–Crippen MR) is 56.6 cm³/mol. The lowest BCUT2D eigenvalue weighted by molar-refractivity contribution is 0.201. The third-order valence-corrected chi connectivity index (χ3v) is 1.99. The van der Waals surface area contributed by atoms with Gasteiger partial charge in [-0.3, -0.25) is 0 Å². The highest BCUT2D eigenvalue weighted by Gasteiger charge is 2.06. The number of ether oxygens (including phenoxy) is 1. The zero-order valence-corrected chi connectivity index (χ0v) is 9.08. The molecule has 0 unspecified atom stereocenters. The Morgan fingerprint density at radius 3 is 2.67 bits per heavy atom. The normalized spacial score (nSPS) is 11.6. The van der Waals surface area contributed by atoms with Crippen LogP contribution in [0.4, 0.5) is 4.39 Å². The minimum Gasteiger partial charge on any atom is -0.399 e. The number of hydrogen-bond acceptors (Lipinski definition) is 3. The van der Waals surface area contributed by atoms with Crippen molar-refractivity contribution in [3.63, 3.8) is 0 Å². The van der Waals surface area contributed by atoms with Crippen LogP contribution in [0.1, 0.15) is 11.1 Å². The van der Waals surface area contributed by atoms with E-state index in [1.54, 1.807) is 26.2 Å². The SMILES string of the molecule is COC/C(=N\OC)c1ccc(C)c(F)c1. The fourth-order valence-electron chi connectivity index (χ4n) is 1.18. The van der Waals surface area contributed by atoms with E-state index in [1.165, 1.54) is 13.2 Å². The summed E-state index contributed by atoms with van der Waals surface area (Å²) in [4.78, 5) is 4.67. The van der Waals surface area contributed by atoms with Crippen LogP contribution in [-0.4, -0.2) is 26.5 Å². The molecule has 0 bridgehead atoms. The molecule has 1 rings (SSSR count). The summed E-state index contributed by atoms with van der Waals surface area (Å²) in [7, 11) is 3.00. The second-order valence-corrected chi connectivity index (χ2v) is 3.12. The van der Waals surface area contributed by atoms with Crippen molar-refractivity contribution >= 4 is 5.71 Å². The van der Waals surface area contributed by atoms with Gasteiger partial charge in [-0.25, -0.2) is 4.39 Å². The Morgan fingerprint density at radius 1 is 1.40 bits per heavy atom. The van der Waals surface area contributed by atoms with Crippen LogP contribution >= 0.6 is 0 Å². The van der Waals surface area contributed by atoms with Crippen LogP contribution in [0.5, 0.6) is 0 Å². The van der Waals surface area contributed by atoms with Crippen LogP contribution in [0.2, 0.25) is 0 Å². The van der Waals surface area contributed by atoms with Gasteiger partial charge in [-0.15, -0.1) is 0 Å². The number of nitrogens with zero attached hydrogens (tertiary/aromatic N) is 1. The second-order valence-electron chi connectivity index (χ2n) is 3.12. The molecular formula is C11H14FNO2. The minimum atomic E-state index is -0.257. The lowest BCUT2D eigenvalue weighted by atomic mass is 10.1. The van der Waals surface area contributed by atoms with Crippen LogP contribution in [0.15, 0.2) is 23.4 Å². The number of aryl methyl sites for hydroxylation is 1. The Balaban J connectivity index is 3.01. The average molecular weight is 211 g/mol. The molecule has 15 heavy (non-hydrogen) atoms. The molecule has 0 spiro atoms. The van der Waals surface area contributed by atoms with Crippen molar-refractivity contribution in [3.8, 4) is 0 Å². The van der Waals surface area contributed by atoms with Crippen LogP contribution in [0, 0.1) is 12.7 Å². The van der Waals surface area contributed by atoms with Gasteiger partial charge in [0.25, 0.3) is 0 Å². The highest BCUT2D eigenvalue weighted by molar-refractivity contribution is 6.01. The van der Waals surface area contributed by atoms with Crippen molar-refractivity contribution in [2.24, 2.45) is 5.16 Å². The van der Waals surface area contributed by atoms with E-state index >= 15 is 0 Å². The molecule has 0 aliphatic heterocycles. The molecule has 0 saturated carbocycles. The topological polar surface area (TPSA) is 30.8 Å². The molecule has 0 amide bonds. The smallest absolute Gasteiger partial charge is 0.126 e. The first kappa shape index (κ1) is 11.7. The summed E-state index contributed by atoms with van der Waals surface area (Å²) in [5.41, 5.74) is 1.84. The van der Waals surface area contributed by atoms with E-state index in [1.807, 2.05) is 0 Å². The van der Waals surface area contributed by atoms with E-state index in [0.29, 0.717) is 16.8 Å². The van der Waals surface area contributed by atoms with Gasteiger partial charge in [0.05, 0.1) is 6.61 Å². The summed E-state index contributed by atoms with van der Waals surface area (Å²) in [5.74, 6) is -0.257. The van der Waals surface area contributed by atoms with Gasteiger partial charge >= 0.3 is 0 Å². The van der Waals surface area contributed by atoms with E-state index in [9.17, 15) is 4.39 Å². The molecule has 0 saturated heterocycles.